The molecule has 3 atom stereocenters. The summed E-state index contributed by atoms with van der Waals surface area (Å²) in [6, 6.07) is 0.428. The fourth-order valence-corrected chi connectivity index (χ4v) is 4.06. The van der Waals surface area contributed by atoms with Gasteiger partial charge in [0.1, 0.15) is 6.29 Å². The van der Waals surface area contributed by atoms with E-state index in [2.05, 4.69) is 33.8 Å². The highest BCUT2D eigenvalue weighted by molar-refractivity contribution is 7.86. The first kappa shape index (κ1) is 15.0. The number of fused-ring (bicyclic) bond motifs is 3. The number of nitrogens with zero attached hydrogens (tertiary/aromatic N) is 3. The van der Waals surface area contributed by atoms with Gasteiger partial charge < -0.3 is 4.90 Å². The molecule has 0 amide bonds. The summed E-state index contributed by atoms with van der Waals surface area (Å²) >= 11 is 0. The van der Waals surface area contributed by atoms with Gasteiger partial charge in [-0.15, -0.1) is 0 Å². The van der Waals surface area contributed by atoms with Gasteiger partial charge in [-0.05, 0) is 12.5 Å². The van der Waals surface area contributed by atoms with Crippen LogP contribution in [0.25, 0.3) is 0 Å². The number of piperidine rings is 1. The second kappa shape index (κ2) is 5.36. The molecule has 0 bridgehead atoms. The minimum absolute atomic E-state index is 0.161. The molecule has 0 aliphatic carbocycles. The lowest BCUT2D eigenvalue weighted by Crippen LogP contribution is -2.53. The van der Waals surface area contributed by atoms with Gasteiger partial charge in [0.15, 0.2) is 0 Å². The number of rotatable bonds is 3. The summed E-state index contributed by atoms with van der Waals surface area (Å²) in [5.74, 6) is 0. The molecular weight excluding hydrogens is 290 g/mol. The quantitative estimate of drug-likeness (QED) is 0.707. The zero-order valence-corrected chi connectivity index (χ0v) is 13.5. The Kier molecular flexibility index (Phi) is 3.83. The van der Waals surface area contributed by atoms with E-state index in [0.29, 0.717) is 0 Å². The van der Waals surface area contributed by atoms with Crippen LogP contribution in [0.15, 0.2) is 23.9 Å². The predicted molar refractivity (Wildman–Crippen MR) is 81.4 cm³/mol. The second-order valence-electron chi connectivity index (χ2n) is 5.88. The minimum atomic E-state index is -3.44. The van der Waals surface area contributed by atoms with Crippen molar-refractivity contribution < 1.29 is 8.42 Å². The standard InChI is InChI=1S/C13H23N5O2S/c1-16(2)21(19,20)17(3)13-14-10-7-9-18-8-5-4-6-11(18)12(10)15-13/h4-6,10,12-15H,7-9H2,1-3H3. The van der Waals surface area contributed by atoms with Gasteiger partial charge in [-0.3, -0.25) is 10.6 Å². The van der Waals surface area contributed by atoms with E-state index in [1.807, 2.05) is 0 Å². The highest BCUT2D eigenvalue weighted by Gasteiger charge is 2.43. The molecule has 3 aliphatic heterocycles. The smallest absolute Gasteiger partial charge is 0.283 e. The van der Waals surface area contributed by atoms with Crippen LogP contribution in [0, 0.1) is 0 Å². The van der Waals surface area contributed by atoms with E-state index in [9.17, 15) is 8.42 Å². The molecule has 7 nitrogen and oxygen atoms in total. The molecule has 3 unspecified atom stereocenters. The normalized spacial score (nSPS) is 32.3. The summed E-state index contributed by atoms with van der Waals surface area (Å²) in [5.41, 5.74) is 1.25. The number of hydrogen-bond acceptors (Lipinski definition) is 5. The number of nitrogens with one attached hydrogen (secondary N) is 2. The van der Waals surface area contributed by atoms with Crippen LogP contribution in [0.3, 0.4) is 0 Å². The predicted octanol–water partition coefficient (Wildman–Crippen LogP) is -0.902. The van der Waals surface area contributed by atoms with Crippen molar-refractivity contribution in [1.29, 1.82) is 0 Å². The van der Waals surface area contributed by atoms with Crippen molar-refractivity contribution in [3.63, 3.8) is 0 Å². The van der Waals surface area contributed by atoms with E-state index in [4.69, 9.17) is 0 Å². The first-order valence-electron chi connectivity index (χ1n) is 7.20. The lowest BCUT2D eigenvalue weighted by molar-refractivity contribution is 0.265. The Bertz CT molecular complexity index is 571. The summed E-state index contributed by atoms with van der Waals surface area (Å²) < 4.78 is 27.1. The third kappa shape index (κ3) is 2.51. The Morgan fingerprint density at radius 3 is 2.76 bits per heavy atom. The molecule has 3 rings (SSSR count). The summed E-state index contributed by atoms with van der Waals surface area (Å²) in [5, 5.41) is 6.82. The average molecular weight is 313 g/mol. The fourth-order valence-electron chi connectivity index (χ4n) is 3.16. The maximum Gasteiger partial charge on any atom is 0.283 e. The molecule has 0 aromatic carbocycles. The first-order chi connectivity index (χ1) is 9.91. The molecule has 3 heterocycles. The highest BCUT2D eigenvalue weighted by Crippen LogP contribution is 2.28. The SMILES string of the molecule is CN(C)S(=O)(=O)N(C)C1NC2CCN3CC=CC=C3C2N1. The van der Waals surface area contributed by atoms with Crippen LogP contribution in [0.1, 0.15) is 6.42 Å². The van der Waals surface area contributed by atoms with E-state index < -0.39 is 10.2 Å². The maximum atomic E-state index is 12.2. The molecule has 0 aromatic heterocycles. The van der Waals surface area contributed by atoms with Gasteiger partial charge in [-0.25, -0.2) is 0 Å². The van der Waals surface area contributed by atoms with Crippen LogP contribution >= 0.6 is 0 Å². The minimum Gasteiger partial charge on any atom is -0.370 e. The van der Waals surface area contributed by atoms with Crippen molar-refractivity contribution in [2.75, 3.05) is 34.2 Å². The van der Waals surface area contributed by atoms with Crippen LogP contribution in [0.2, 0.25) is 0 Å². The molecule has 21 heavy (non-hydrogen) atoms. The zero-order chi connectivity index (χ0) is 15.2. The molecule has 118 valence electrons. The van der Waals surface area contributed by atoms with Gasteiger partial charge in [-0.2, -0.15) is 17.0 Å². The van der Waals surface area contributed by atoms with E-state index in [1.165, 1.54) is 14.3 Å². The van der Waals surface area contributed by atoms with E-state index in [0.717, 1.165) is 19.5 Å². The molecule has 0 saturated carbocycles. The second-order valence-corrected chi connectivity index (χ2v) is 8.08. The van der Waals surface area contributed by atoms with Crippen molar-refractivity contribution >= 4 is 10.2 Å². The van der Waals surface area contributed by atoms with E-state index in [-0.39, 0.29) is 18.4 Å². The van der Waals surface area contributed by atoms with Crippen LogP contribution in [-0.2, 0) is 10.2 Å². The molecule has 2 N–H and O–H groups in total. The van der Waals surface area contributed by atoms with Crippen molar-refractivity contribution in [2.45, 2.75) is 24.8 Å². The molecule has 0 spiro atoms. The van der Waals surface area contributed by atoms with Gasteiger partial charge in [0.25, 0.3) is 10.2 Å². The van der Waals surface area contributed by atoms with Crippen LogP contribution in [0.4, 0.5) is 0 Å². The van der Waals surface area contributed by atoms with Gasteiger partial charge in [0.05, 0.1) is 6.04 Å². The molecular formula is C13H23N5O2S. The summed E-state index contributed by atoms with van der Waals surface area (Å²) in [6.45, 7) is 1.94. The molecule has 0 radical (unpaired) electrons. The maximum absolute atomic E-state index is 12.2. The summed E-state index contributed by atoms with van der Waals surface area (Å²) in [6.07, 6.45) is 6.97. The molecule has 2 fully saturated rings. The topological polar surface area (TPSA) is 67.9 Å². The van der Waals surface area contributed by atoms with Crippen molar-refractivity contribution in [3.05, 3.63) is 23.9 Å². The molecule has 2 saturated heterocycles. The van der Waals surface area contributed by atoms with E-state index in [1.54, 1.807) is 21.1 Å². The fraction of sp³-hybridized carbons (Fsp3) is 0.692. The van der Waals surface area contributed by atoms with Crippen molar-refractivity contribution in [2.24, 2.45) is 0 Å². The number of hydrogen-bond donors (Lipinski definition) is 2. The van der Waals surface area contributed by atoms with Crippen LogP contribution < -0.4 is 10.6 Å². The third-order valence-electron chi connectivity index (χ3n) is 4.42. The number of allylic oxidation sites excluding steroid dienone is 2. The first-order valence-corrected chi connectivity index (χ1v) is 8.60. The Morgan fingerprint density at radius 1 is 1.29 bits per heavy atom. The monoisotopic (exact) mass is 313 g/mol. The van der Waals surface area contributed by atoms with Gasteiger partial charge in [0, 0.05) is 46.0 Å². The molecule has 3 aliphatic rings. The van der Waals surface area contributed by atoms with Crippen molar-refractivity contribution in [3.8, 4) is 0 Å². The summed E-state index contributed by atoms with van der Waals surface area (Å²) in [4.78, 5) is 2.35. The average Bonchev–Trinajstić information content (AvgIpc) is 2.90. The van der Waals surface area contributed by atoms with Gasteiger partial charge >= 0.3 is 0 Å². The zero-order valence-electron chi connectivity index (χ0n) is 12.7. The third-order valence-corrected chi connectivity index (χ3v) is 6.28. The Morgan fingerprint density at radius 2 is 2.05 bits per heavy atom. The lowest BCUT2D eigenvalue weighted by Gasteiger charge is -2.39. The molecule has 8 heteroatoms. The lowest BCUT2D eigenvalue weighted by atomic mass is 9.95. The van der Waals surface area contributed by atoms with E-state index >= 15 is 0 Å². The summed E-state index contributed by atoms with van der Waals surface area (Å²) in [7, 11) is 1.25. The van der Waals surface area contributed by atoms with Crippen molar-refractivity contribution in [1.82, 2.24) is 24.1 Å². The Labute approximate surface area is 126 Å². The Hall–Kier alpha value is -0.930. The Balaban J connectivity index is 1.79. The van der Waals surface area contributed by atoms with Crippen LogP contribution in [-0.4, -0.2) is 74.5 Å². The largest absolute Gasteiger partial charge is 0.370 e. The van der Waals surface area contributed by atoms with Crippen LogP contribution in [0.5, 0.6) is 0 Å². The van der Waals surface area contributed by atoms with Gasteiger partial charge in [0.2, 0.25) is 0 Å². The molecule has 0 aromatic rings. The highest BCUT2D eigenvalue weighted by atomic mass is 32.2. The van der Waals surface area contributed by atoms with Gasteiger partial charge in [-0.1, -0.05) is 12.2 Å².